The zero-order valence-electron chi connectivity index (χ0n) is 17.0. The lowest BCUT2D eigenvalue weighted by molar-refractivity contribution is -0.0948. The van der Waals surface area contributed by atoms with Crippen molar-refractivity contribution >= 4 is 0 Å². The van der Waals surface area contributed by atoms with Crippen LogP contribution >= 0.6 is 0 Å². The quantitative estimate of drug-likeness (QED) is 0.442. The number of alkyl halides is 2. The lowest BCUT2D eigenvalue weighted by Gasteiger charge is -2.36. The average Bonchev–Trinajstić information content (AvgIpc) is 2.71. The number of hydrogen-bond acceptors (Lipinski definition) is 2. The Morgan fingerprint density at radius 2 is 1.80 bits per heavy atom. The van der Waals surface area contributed by atoms with Crippen LogP contribution in [0.15, 0.2) is 30.3 Å². The SMILES string of the molecule is CCCC1CCC(c2ccc(OCc3ccc(OC)cc3F)c(F)c2F)CC1(F)F. The zero-order valence-corrected chi connectivity index (χ0v) is 17.0. The second kappa shape index (κ2) is 9.23. The first-order valence-electron chi connectivity index (χ1n) is 10.1. The molecular formula is C23H25F5O2. The number of methoxy groups -OCH3 is 1. The van der Waals surface area contributed by atoms with Crippen molar-refractivity contribution in [1.29, 1.82) is 0 Å². The summed E-state index contributed by atoms with van der Waals surface area (Å²) in [7, 11) is 1.40. The smallest absolute Gasteiger partial charge is 0.251 e. The number of hydrogen-bond donors (Lipinski definition) is 0. The fourth-order valence-corrected chi connectivity index (χ4v) is 4.08. The van der Waals surface area contributed by atoms with E-state index in [4.69, 9.17) is 9.47 Å². The van der Waals surface area contributed by atoms with Gasteiger partial charge in [-0.2, -0.15) is 4.39 Å². The van der Waals surface area contributed by atoms with Gasteiger partial charge in [0.05, 0.1) is 7.11 Å². The van der Waals surface area contributed by atoms with Crippen molar-refractivity contribution < 1.29 is 31.4 Å². The van der Waals surface area contributed by atoms with E-state index in [0.717, 1.165) is 6.07 Å². The van der Waals surface area contributed by atoms with Crippen molar-refractivity contribution in [1.82, 2.24) is 0 Å². The van der Waals surface area contributed by atoms with Crippen molar-refractivity contribution in [2.75, 3.05) is 7.11 Å². The average molecular weight is 428 g/mol. The van der Waals surface area contributed by atoms with Gasteiger partial charge in [-0.25, -0.2) is 17.6 Å². The number of halogens is 5. The Bertz CT molecular complexity index is 884. The molecule has 0 N–H and O–H groups in total. The molecule has 2 unspecified atom stereocenters. The molecule has 2 nitrogen and oxygen atoms in total. The molecule has 3 rings (SSSR count). The van der Waals surface area contributed by atoms with Crippen LogP contribution in [0.5, 0.6) is 11.5 Å². The van der Waals surface area contributed by atoms with Crippen molar-refractivity contribution in [3.63, 3.8) is 0 Å². The van der Waals surface area contributed by atoms with Crippen LogP contribution in [0.25, 0.3) is 0 Å². The molecule has 1 fully saturated rings. The first-order valence-corrected chi connectivity index (χ1v) is 10.1. The van der Waals surface area contributed by atoms with E-state index in [1.165, 1.54) is 31.4 Å². The molecule has 2 atom stereocenters. The molecule has 0 saturated heterocycles. The van der Waals surface area contributed by atoms with Gasteiger partial charge in [0.2, 0.25) is 5.82 Å². The Morgan fingerprint density at radius 1 is 1.03 bits per heavy atom. The third-order valence-electron chi connectivity index (χ3n) is 5.78. The molecule has 2 aromatic carbocycles. The van der Waals surface area contributed by atoms with Gasteiger partial charge in [0.25, 0.3) is 5.92 Å². The molecule has 0 radical (unpaired) electrons. The van der Waals surface area contributed by atoms with Crippen LogP contribution in [0, 0.1) is 23.4 Å². The van der Waals surface area contributed by atoms with Crippen LogP contribution < -0.4 is 9.47 Å². The summed E-state index contributed by atoms with van der Waals surface area (Å²) in [5.41, 5.74) is 0.0821. The third kappa shape index (κ3) is 4.71. The molecule has 0 heterocycles. The molecule has 0 aromatic heterocycles. The first-order chi connectivity index (χ1) is 14.3. The Labute approximate surface area is 173 Å². The molecule has 0 amide bonds. The second-order valence-corrected chi connectivity index (χ2v) is 7.75. The minimum absolute atomic E-state index is 0.0647. The minimum atomic E-state index is -2.90. The van der Waals surface area contributed by atoms with Gasteiger partial charge in [0.15, 0.2) is 11.6 Å². The van der Waals surface area contributed by atoms with Crippen LogP contribution in [-0.2, 0) is 6.61 Å². The van der Waals surface area contributed by atoms with E-state index in [-0.39, 0.29) is 24.2 Å². The van der Waals surface area contributed by atoms with E-state index in [0.29, 0.717) is 25.0 Å². The highest BCUT2D eigenvalue weighted by atomic mass is 19.3. The molecule has 0 bridgehead atoms. The molecule has 164 valence electrons. The van der Waals surface area contributed by atoms with Gasteiger partial charge in [0.1, 0.15) is 18.2 Å². The largest absolute Gasteiger partial charge is 0.497 e. The summed E-state index contributed by atoms with van der Waals surface area (Å²) in [4.78, 5) is 0. The molecule has 7 heteroatoms. The summed E-state index contributed by atoms with van der Waals surface area (Å²) >= 11 is 0. The molecule has 1 saturated carbocycles. The Morgan fingerprint density at radius 3 is 2.43 bits per heavy atom. The van der Waals surface area contributed by atoms with E-state index < -0.39 is 47.4 Å². The van der Waals surface area contributed by atoms with Gasteiger partial charge in [-0.3, -0.25) is 0 Å². The monoisotopic (exact) mass is 428 g/mol. The van der Waals surface area contributed by atoms with Crippen LogP contribution in [0.2, 0.25) is 0 Å². The summed E-state index contributed by atoms with van der Waals surface area (Å²) in [5.74, 6) is -7.47. The molecule has 2 aromatic rings. The second-order valence-electron chi connectivity index (χ2n) is 7.75. The normalized spacial score (nSPS) is 20.8. The Kier molecular flexibility index (Phi) is 6.88. The first kappa shape index (κ1) is 22.4. The molecule has 30 heavy (non-hydrogen) atoms. The van der Waals surface area contributed by atoms with Crippen molar-refractivity contribution in [2.24, 2.45) is 5.92 Å². The number of benzene rings is 2. The topological polar surface area (TPSA) is 18.5 Å². The van der Waals surface area contributed by atoms with Crippen LogP contribution in [0.1, 0.15) is 56.1 Å². The Balaban J connectivity index is 1.73. The van der Waals surface area contributed by atoms with Gasteiger partial charge in [-0.1, -0.05) is 19.4 Å². The highest BCUT2D eigenvalue weighted by Gasteiger charge is 2.45. The summed E-state index contributed by atoms with van der Waals surface area (Å²) in [6.07, 6.45) is 1.25. The van der Waals surface area contributed by atoms with Gasteiger partial charge in [0, 0.05) is 24.0 Å². The van der Waals surface area contributed by atoms with Gasteiger partial charge in [-0.15, -0.1) is 0 Å². The maximum atomic E-state index is 14.7. The lowest BCUT2D eigenvalue weighted by Crippen LogP contribution is -2.35. The van der Waals surface area contributed by atoms with Gasteiger partial charge in [-0.05, 0) is 48.9 Å². The minimum Gasteiger partial charge on any atom is -0.497 e. The fourth-order valence-electron chi connectivity index (χ4n) is 4.08. The summed E-state index contributed by atoms with van der Waals surface area (Å²) in [6.45, 7) is 1.54. The van der Waals surface area contributed by atoms with Crippen LogP contribution in [0.4, 0.5) is 22.0 Å². The zero-order chi connectivity index (χ0) is 21.9. The standard InChI is InChI=1S/C23H25F5O2/c1-3-4-16-7-5-14(12-23(16,27)28)18-9-10-20(22(26)21(18)25)30-13-15-6-8-17(29-2)11-19(15)24/h6,8-11,14,16H,3-5,7,12-13H2,1-2H3. The van der Waals surface area contributed by atoms with Crippen molar-refractivity contribution in [3.05, 3.63) is 58.9 Å². The van der Waals surface area contributed by atoms with E-state index in [9.17, 15) is 22.0 Å². The van der Waals surface area contributed by atoms with E-state index in [2.05, 4.69) is 0 Å². The molecule has 1 aliphatic carbocycles. The summed E-state index contributed by atoms with van der Waals surface area (Å²) in [6, 6.07) is 6.61. The van der Waals surface area contributed by atoms with Crippen LogP contribution in [0.3, 0.4) is 0 Å². The fraction of sp³-hybridized carbons (Fsp3) is 0.478. The molecule has 0 aliphatic heterocycles. The van der Waals surface area contributed by atoms with Crippen LogP contribution in [-0.4, -0.2) is 13.0 Å². The van der Waals surface area contributed by atoms with Crippen molar-refractivity contribution in [3.8, 4) is 11.5 Å². The predicted molar refractivity (Wildman–Crippen MR) is 104 cm³/mol. The van der Waals surface area contributed by atoms with Gasteiger partial charge < -0.3 is 9.47 Å². The van der Waals surface area contributed by atoms with E-state index in [1.54, 1.807) is 0 Å². The molecule has 1 aliphatic rings. The molecule has 0 spiro atoms. The lowest BCUT2D eigenvalue weighted by atomic mass is 9.74. The maximum absolute atomic E-state index is 14.7. The highest BCUT2D eigenvalue weighted by molar-refractivity contribution is 5.34. The number of ether oxygens (including phenoxy) is 2. The van der Waals surface area contributed by atoms with E-state index in [1.807, 2.05) is 6.92 Å². The number of rotatable bonds is 7. The summed E-state index contributed by atoms with van der Waals surface area (Å²) in [5, 5.41) is 0. The summed E-state index contributed by atoms with van der Waals surface area (Å²) < 4.78 is 82.2. The van der Waals surface area contributed by atoms with E-state index >= 15 is 0 Å². The molecular weight excluding hydrogens is 403 g/mol. The predicted octanol–water partition coefficient (Wildman–Crippen LogP) is 7.01. The van der Waals surface area contributed by atoms with Gasteiger partial charge >= 0.3 is 0 Å². The van der Waals surface area contributed by atoms with Crippen molar-refractivity contribution in [2.45, 2.75) is 57.5 Å². The highest BCUT2D eigenvalue weighted by Crippen LogP contribution is 2.48. The third-order valence-corrected chi connectivity index (χ3v) is 5.78. The Hall–Kier alpha value is -2.31. The maximum Gasteiger partial charge on any atom is 0.251 e.